The molecule has 0 bridgehead atoms. The van der Waals surface area contributed by atoms with Gasteiger partial charge in [0.2, 0.25) is 0 Å². The molecular formula is C14H25INO-. The van der Waals surface area contributed by atoms with E-state index in [1.165, 1.54) is 63.3 Å². The average molecular weight is 350 g/mol. The van der Waals surface area contributed by atoms with E-state index in [1.54, 1.807) is 0 Å². The standard InChI is InChI=1S/C14H25NO.HI/c16-15-14-12-7-3-1-5-10(12)9-11-6-2-4-8-13(11)14;/h10-14H,1-9,15H2;1H/p-1. The Balaban J connectivity index is 0.00000108. The maximum Gasteiger partial charge on any atom is 0.0918 e. The number of hydrogen-bond acceptors (Lipinski definition) is 1. The summed E-state index contributed by atoms with van der Waals surface area (Å²) < 4.78 is 0. The Morgan fingerprint density at radius 1 is 0.765 bits per heavy atom. The van der Waals surface area contributed by atoms with Crippen molar-refractivity contribution in [3.63, 3.8) is 0 Å². The zero-order valence-electron chi connectivity index (χ0n) is 10.6. The number of fused-ring (bicyclic) bond motifs is 2. The number of quaternary nitrogens is 1. The quantitative estimate of drug-likeness (QED) is 0.500. The van der Waals surface area contributed by atoms with Gasteiger partial charge < -0.3 is 34.7 Å². The molecule has 3 aliphatic carbocycles. The molecule has 0 amide bonds. The topological polar surface area (TPSA) is 39.7 Å². The number of halogens is 1. The first kappa shape index (κ1) is 14.1. The lowest BCUT2D eigenvalue weighted by Gasteiger charge is -2.50. The predicted molar refractivity (Wildman–Crippen MR) is 64.6 cm³/mol. The van der Waals surface area contributed by atoms with Gasteiger partial charge in [0.1, 0.15) is 0 Å². The number of hydroxylamine groups is 1. The highest BCUT2D eigenvalue weighted by Gasteiger charge is 2.46. The molecule has 17 heavy (non-hydrogen) atoms. The van der Waals surface area contributed by atoms with Gasteiger partial charge >= 0.3 is 0 Å². The molecule has 2 nitrogen and oxygen atoms in total. The summed E-state index contributed by atoms with van der Waals surface area (Å²) in [5.74, 6) is 3.35. The fraction of sp³-hybridized carbons (Fsp3) is 1.00. The highest BCUT2D eigenvalue weighted by atomic mass is 127. The number of rotatable bonds is 1. The van der Waals surface area contributed by atoms with Crippen LogP contribution >= 0.6 is 0 Å². The van der Waals surface area contributed by atoms with Crippen LogP contribution in [-0.2, 0) is 0 Å². The lowest BCUT2D eigenvalue weighted by atomic mass is 9.57. The van der Waals surface area contributed by atoms with Crippen molar-refractivity contribution in [1.82, 2.24) is 0 Å². The fourth-order valence-electron chi connectivity index (χ4n) is 4.98. The van der Waals surface area contributed by atoms with Gasteiger partial charge in [-0.1, -0.05) is 25.7 Å². The van der Waals surface area contributed by atoms with Crippen molar-refractivity contribution in [2.24, 2.45) is 23.7 Å². The molecule has 0 aromatic rings. The molecule has 0 spiro atoms. The van der Waals surface area contributed by atoms with Gasteiger partial charge in [0.15, 0.2) is 0 Å². The second-order valence-corrected chi connectivity index (χ2v) is 6.37. The lowest BCUT2D eigenvalue weighted by molar-refractivity contribution is -0.650. The minimum atomic E-state index is 0. The van der Waals surface area contributed by atoms with Crippen molar-refractivity contribution in [3.8, 4) is 0 Å². The van der Waals surface area contributed by atoms with Crippen LogP contribution in [0.1, 0.15) is 57.8 Å². The van der Waals surface area contributed by atoms with E-state index in [0.717, 1.165) is 23.7 Å². The Bertz CT molecular complexity index is 226. The van der Waals surface area contributed by atoms with Crippen molar-refractivity contribution < 1.29 is 29.5 Å². The Morgan fingerprint density at radius 3 is 1.71 bits per heavy atom. The molecule has 3 rings (SSSR count). The molecule has 2 N–H and O–H groups in total. The molecule has 4 atom stereocenters. The van der Waals surface area contributed by atoms with Gasteiger partial charge in [0, 0.05) is 11.8 Å². The second kappa shape index (κ2) is 6.20. The summed E-state index contributed by atoms with van der Waals surface area (Å²) in [5.41, 5.74) is 1.34. The SMILES string of the molecule is [I-].[O-][NH2+]C1C2CCCCC2CC2CCCCC21. The van der Waals surface area contributed by atoms with E-state index in [-0.39, 0.29) is 24.0 Å². The first-order chi connectivity index (χ1) is 7.90. The van der Waals surface area contributed by atoms with Crippen molar-refractivity contribution in [2.75, 3.05) is 0 Å². The van der Waals surface area contributed by atoms with Crippen LogP contribution in [0.5, 0.6) is 0 Å². The van der Waals surface area contributed by atoms with E-state index < -0.39 is 0 Å². The maximum absolute atomic E-state index is 11.5. The van der Waals surface area contributed by atoms with Crippen LogP contribution < -0.4 is 29.5 Å². The van der Waals surface area contributed by atoms with E-state index in [4.69, 9.17) is 0 Å². The van der Waals surface area contributed by atoms with Crippen LogP contribution in [0.3, 0.4) is 0 Å². The van der Waals surface area contributed by atoms with E-state index in [1.807, 2.05) is 0 Å². The van der Waals surface area contributed by atoms with E-state index in [9.17, 15) is 5.21 Å². The van der Waals surface area contributed by atoms with Gasteiger partial charge in [-0.15, -0.1) is 0 Å². The lowest BCUT2D eigenvalue weighted by Crippen LogP contribution is -3.00. The Hall–Kier alpha value is 0.650. The third-order valence-corrected chi connectivity index (χ3v) is 5.69. The largest absolute Gasteiger partial charge is 1.00 e. The summed E-state index contributed by atoms with van der Waals surface area (Å²) in [5, 5.41) is 11.5. The number of hydrogen-bond donors (Lipinski definition) is 1. The van der Waals surface area contributed by atoms with Crippen molar-refractivity contribution in [3.05, 3.63) is 5.21 Å². The molecule has 0 radical (unpaired) electrons. The second-order valence-electron chi connectivity index (χ2n) is 6.37. The molecular weight excluding hydrogens is 325 g/mol. The summed E-state index contributed by atoms with van der Waals surface area (Å²) in [7, 11) is 0. The van der Waals surface area contributed by atoms with Crippen LogP contribution in [0.4, 0.5) is 0 Å². The van der Waals surface area contributed by atoms with Crippen LogP contribution in [-0.4, -0.2) is 6.04 Å². The Kier molecular flexibility index (Phi) is 5.13. The number of nitrogens with two attached hydrogens (primary N) is 1. The normalized spacial score (nSPS) is 45.4. The molecule has 0 aromatic carbocycles. The van der Waals surface area contributed by atoms with Crippen molar-refractivity contribution in [1.29, 1.82) is 0 Å². The third-order valence-electron chi connectivity index (χ3n) is 5.69. The Morgan fingerprint density at radius 2 is 1.24 bits per heavy atom. The van der Waals surface area contributed by atoms with Crippen LogP contribution in [0, 0.1) is 28.9 Å². The zero-order valence-corrected chi connectivity index (χ0v) is 12.8. The first-order valence-electron chi connectivity index (χ1n) is 7.35. The molecule has 0 heterocycles. The van der Waals surface area contributed by atoms with E-state index >= 15 is 0 Å². The van der Waals surface area contributed by atoms with Crippen molar-refractivity contribution >= 4 is 0 Å². The molecule has 100 valence electrons. The monoisotopic (exact) mass is 350 g/mol. The summed E-state index contributed by atoms with van der Waals surface area (Å²) in [4.78, 5) is 0. The Labute approximate surface area is 122 Å². The molecule has 0 aromatic heterocycles. The van der Waals surface area contributed by atoms with E-state index in [0.29, 0.717) is 6.04 Å². The van der Waals surface area contributed by atoms with Crippen LogP contribution in [0.2, 0.25) is 0 Å². The summed E-state index contributed by atoms with van der Waals surface area (Å²) in [6.45, 7) is 0. The van der Waals surface area contributed by atoms with Gasteiger partial charge in [0.05, 0.1) is 6.04 Å². The first-order valence-corrected chi connectivity index (χ1v) is 7.35. The van der Waals surface area contributed by atoms with Gasteiger partial charge in [-0.3, -0.25) is 0 Å². The van der Waals surface area contributed by atoms with Crippen molar-refractivity contribution in [2.45, 2.75) is 63.8 Å². The molecule has 4 unspecified atom stereocenters. The zero-order chi connectivity index (χ0) is 11.0. The molecule has 3 heteroatoms. The highest BCUT2D eigenvalue weighted by Crippen LogP contribution is 2.48. The van der Waals surface area contributed by atoms with Gasteiger partial charge in [-0.05, 0) is 43.9 Å². The molecule has 3 saturated carbocycles. The minimum absolute atomic E-state index is 0. The smallest absolute Gasteiger partial charge is 0.0918 e. The predicted octanol–water partition coefficient (Wildman–Crippen LogP) is -0.563. The summed E-state index contributed by atoms with van der Waals surface area (Å²) >= 11 is 0. The molecule has 0 saturated heterocycles. The summed E-state index contributed by atoms with van der Waals surface area (Å²) in [6.07, 6.45) is 12.6. The van der Waals surface area contributed by atoms with Crippen LogP contribution in [0.25, 0.3) is 0 Å². The minimum Gasteiger partial charge on any atom is -1.00 e. The fourth-order valence-corrected chi connectivity index (χ4v) is 4.98. The summed E-state index contributed by atoms with van der Waals surface area (Å²) in [6, 6.07) is 0.435. The molecule has 0 aliphatic heterocycles. The average Bonchev–Trinajstić information content (AvgIpc) is 2.36. The molecule has 3 aliphatic rings. The molecule has 3 fully saturated rings. The van der Waals surface area contributed by atoms with Gasteiger partial charge in [-0.25, -0.2) is 0 Å². The van der Waals surface area contributed by atoms with Crippen LogP contribution in [0.15, 0.2) is 0 Å². The highest BCUT2D eigenvalue weighted by molar-refractivity contribution is 4.94. The van der Waals surface area contributed by atoms with Gasteiger partial charge in [-0.2, -0.15) is 0 Å². The maximum atomic E-state index is 11.5. The third kappa shape index (κ3) is 2.66. The van der Waals surface area contributed by atoms with Gasteiger partial charge in [0.25, 0.3) is 0 Å². The van der Waals surface area contributed by atoms with E-state index in [2.05, 4.69) is 0 Å².